The average molecular weight is 452 g/mol. The van der Waals surface area contributed by atoms with Crippen molar-refractivity contribution in [3.8, 4) is 11.5 Å². The minimum atomic E-state index is -0.374. The molecule has 1 aromatic rings. The van der Waals surface area contributed by atoms with Gasteiger partial charge in [0, 0.05) is 17.6 Å². The standard InChI is InChI=1S/C22H29NO5S2/c1-26-17-6-7-18(19(12-17)27-2)23-20(24)13-28-21(25)14-10-15-4-3-5-16(11-14)22(15)29-8-9-30-22/h6-7,12,14-16H,3-5,8-11,13H2,1-2H3,(H,23,24)/t14?,15-,16+. The van der Waals surface area contributed by atoms with Gasteiger partial charge in [-0.3, -0.25) is 9.59 Å². The Morgan fingerprint density at radius 3 is 2.43 bits per heavy atom. The van der Waals surface area contributed by atoms with Gasteiger partial charge >= 0.3 is 5.97 Å². The Hall–Kier alpha value is -1.54. The maximum absolute atomic E-state index is 12.7. The number of carbonyl (C=O) groups is 2. The van der Waals surface area contributed by atoms with Crippen molar-refractivity contribution in [3.05, 3.63) is 18.2 Å². The lowest BCUT2D eigenvalue weighted by molar-refractivity contribution is -0.154. The van der Waals surface area contributed by atoms with Crippen LogP contribution in [0.4, 0.5) is 5.69 Å². The highest BCUT2D eigenvalue weighted by Gasteiger charge is 2.55. The summed E-state index contributed by atoms with van der Waals surface area (Å²) in [6.45, 7) is -0.283. The molecule has 164 valence electrons. The van der Waals surface area contributed by atoms with Crippen molar-refractivity contribution in [2.24, 2.45) is 17.8 Å². The van der Waals surface area contributed by atoms with Gasteiger partial charge in [0.15, 0.2) is 6.61 Å². The number of ether oxygens (including phenoxy) is 3. The molecule has 2 aliphatic carbocycles. The molecule has 0 aromatic heterocycles. The van der Waals surface area contributed by atoms with Crippen LogP contribution in [-0.2, 0) is 14.3 Å². The summed E-state index contributed by atoms with van der Waals surface area (Å²) in [5.74, 6) is 4.05. The molecule has 1 aromatic carbocycles. The van der Waals surface area contributed by atoms with E-state index in [4.69, 9.17) is 14.2 Å². The molecule has 1 aliphatic heterocycles. The highest BCUT2D eigenvalue weighted by molar-refractivity contribution is 8.21. The average Bonchev–Trinajstić information content (AvgIpc) is 3.21. The second kappa shape index (κ2) is 9.30. The fourth-order valence-electron chi connectivity index (χ4n) is 5.14. The fraction of sp³-hybridized carbons (Fsp3) is 0.636. The van der Waals surface area contributed by atoms with Gasteiger partial charge in [0.25, 0.3) is 5.91 Å². The van der Waals surface area contributed by atoms with Crippen LogP contribution in [0.2, 0.25) is 0 Å². The summed E-state index contributed by atoms with van der Waals surface area (Å²) in [5.41, 5.74) is 0.517. The molecule has 1 amide bonds. The van der Waals surface area contributed by atoms with Crippen LogP contribution in [0.3, 0.4) is 0 Å². The largest absolute Gasteiger partial charge is 0.497 e. The molecule has 3 aliphatic rings. The van der Waals surface area contributed by atoms with Crippen LogP contribution >= 0.6 is 23.5 Å². The molecule has 3 atom stereocenters. The first kappa shape index (κ1) is 21.7. The summed E-state index contributed by atoms with van der Waals surface area (Å²) in [4.78, 5) is 25.1. The van der Waals surface area contributed by atoms with Crippen LogP contribution < -0.4 is 14.8 Å². The van der Waals surface area contributed by atoms with E-state index in [-0.39, 0.29) is 24.4 Å². The van der Waals surface area contributed by atoms with Gasteiger partial charge in [0.1, 0.15) is 11.5 Å². The van der Waals surface area contributed by atoms with E-state index < -0.39 is 0 Å². The number of nitrogens with one attached hydrogen (secondary N) is 1. The van der Waals surface area contributed by atoms with Gasteiger partial charge < -0.3 is 19.5 Å². The summed E-state index contributed by atoms with van der Waals surface area (Å²) >= 11 is 4.25. The lowest BCUT2D eigenvalue weighted by Crippen LogP contribution is -2.48. The zero-order chi connectivity index (χ0) is 21.1. The van der Waals surface area contributed by atoms with E-state index in [1.165, 1.54) is 37.9 Å². The van der Waals surface area contributed by atoms with Crippen LogP contribution in [0.15, 0.2) is 18.2 Å². The molecule has 30 heavy (non-hydrogen) atoms. The molecule has 1 unspecified atom stereocenters. The number of amides is 1. The Morgan fingerprint density at radius 2 is 1.80 bits per heavy atom. The summed E-state index contributed by atoms with van der Waals surface area (Å²) in [6, 6.07) is 5.13. The zero-order valence-electron chi connectivity index (χ0n) is 17.5. The Balaban J connectivity index is 1.31. The summed E-state index contributed by atoms with van der Waals surface area (Å²) < 4.78 is 16.2. The summed E-state index contributed by atoms with van der Waals surface area (Å²) in [5, 5.41) is 2.75. The first-order valence-electron chi connectivity index (χ1n) is 10.5. The van der Waals surface area contributed by atoms with Crippen molar-refractivity contribution in [1.29, 1.82) is 0 Å². The third kappa shape index (κ3) is 4.26. The molecular formula is C22H29NO5S2. The van der Waals surface area contributed by atoms with E-state index in [9.17, 15) is 9.59 Å². The smallest absolute Gasteiger partial charge is 0.309 e. The lowest BCUT2D eigenvalue weighted by Gasteiger charge is -2.51. The topological polar surface area (TPSA) is 73.9 Å². The maximum Gasteiger partial charge on any atom is 0.309 e. The number of carbonyl (C=O) groups excluding carboxylic acids is 2. The minimum Gasteiger partial charge on any atom is -0.497 e. The van der Waals surface area contributed by atoms with Crippen LogP contribution in [0.5, 0.6) is 11.5 Å². The molecule has 8 heteroatoms. The molecular weight excluding hydrogens is 422 g/mol. The van der Waals surface area contributed by atoms with E-state index in [1.54, 1.807) is 25.3 Å². The van der Waals surface area contributed by atoms with Gasteiger partial charge in [-0.1, -0.05) is 6.42 Å². The van der Waals surface area contributed by atoms with E-state index in [0.717, 1.165) is 12.8 Å². The molecule has 1 spiro atoms. The molecule has 6 nitrogen and oxygen atoms in total. The number of rotatable bonds is 6. The number of hydrogen-bond acceptors (Lipinski definition) is 7. The van der Waals surface area contributed by atoms with Crippen LogP contribution in [0, 0.1) is 17.8 Å². The fourth-order valence-corrected chi connectivity index (χ4v) is 9.08. The Labute approximate surface area is 186 Å². The second-order valence-corrected chi connectivity index (χ2v) is 11.1. The highest BCUT2D eigenvalue weighted by Crippen LogP contribution is 2.64. The number of hydrogen-bond donors (Lipinski definition) is 1. The number of esters is 1. The highest BCUT2D eigenvalue weighted by atomic mass is 32.2. The number of anilines is 1. The third-order valence-electron chi connectivity index (χ3n) is 6.48. The lowest BCUT2D eigenvalue weighted by atomic mass is 9.67. The number of thioether (sulfide) groups is 2. The van der Waals surface area contributed by atoms with Crippen molar-refractivity contribution >= 4 is 41.1 Å². The molecule has 0 radical (unpaired) electrons. The summed E-state index contributed by atoms with van der Waals surface area (Å²) in [7, 11) is 3.09. The molecule has 1 N–H and O–H groups in total. The third-order valence-corrected chi connectivity index (χ3v) is 10.5. The quantitative estimate of drug-likeness (QED) is 0.650. The van der Waals surface area contributed by atoms with Gasteiger partial charge in [-0.15, -0.1) is 23.5 Å². The van der Waals surface area contributed by atoms with Gasteiger partial charge in [-0.05, 0) is 49.7 Å². The van der Waals surface area contributed by atoms with Crippen molar-refractivity contribution in [3.63, 3.8) is 0 Å². The molecule has 3 fully saturated rings. The van der Waals surface area contributed by atoms with Crippen LogP contribution in [0.1, 0.15) is 32.1 Å². The molecule has 4 rings (SSSR count). The Morgan fingerprint density at radius 1 is 1.10 bits per heavy atom. The number of benzene rings is 1. The van der Waals surface area contributed by atoms with Crippen LogP contribution in [-0.4, -0.2) is 48.3 Å². The van der Waals surface area contributed by atoms with E-state index in [0.29, 0.717) is 33.1 Å². The van der Waals surface area contributed by atoms with Crippen molar-refractivity contribution < 1.29 is 23.8 Å². The normalized spacial score (nSPS) is 26.8. The van der Waals surface area contributed by atoms with Crippen molar-refractivity contribution in [1.82, 2.24) is 0 Å². The van der Waals surface area contributed by atoms with Gasteiger partial charge in [-0.25, -0.2) is 0 Å². The van der Waals surface area contributed by atoms with Crippen molar-refractivity contribution in [2.75, 3.05) is 37.6 Å². The summed E-state index contributed by atoms with van der Waals surface area (Å²) in [6.07, 6.45) is 5.47. The Kier molecular flexibility index (Phi) is 6.72. The van der Waals surface area contributed by atoms with Crippen molar-refractivity contribution in [2.45, 2.75) is 36.2 Å². The predicted molar refractivity (Wildman–Crippen MR) is 120 cm³/mol. The van der Waals surface area contributed by atoms with E-state index in [2.05, 4.69) is 28.8 Å². The van der Waals surface area contributed by atoms with Gasteiger partial charge in [-0.2, -0.15) is 0 Å². The minimum absolute atomic E-state index is 0.0870. The SMILES string of the molecule is COc1ccc(NC(=O)COC(=O)C2C[C@H]3CCC[C@@H](C2)C32SCCS2)c(OC)c1. The maximum atomic E-state index is 12.7. The monoisotopic (exact) mass is 451 g/mol. The Bertz CT molecular complexity index is 780. The van der Waals surface area contributed by atoms with Crippen LogP contribution in [0.25, 0.3) is 0 Å². The molecule has 2 bridgehead atoms. The second-order valence-electron chi connectivity index (χ2n) is 8.13. The van der Waals surface area contributed by atoms with E-state index in [1.807, 2.05) is 0 Å². The first-order chi connectivity index (χ1) is 14.6. The zero-order valence-corrected chi connectivity index (χ0v) is 19.1. The predicted octanol–water partition coefficient (Wildman–Crippen LogP) is 4.19. The first-order valence-corrected chi connectivity index (χ1v) is 12.5. The van der Waals surface area contributed by atoms with Gasteiger partial charge in [0.2, 0.25) is 0 Å². The van der Waals surface area contributed by atoms with Gasteiger partial charge in [0.05, 0.1) is 29.9 Å². The molecule has 1 heterocycles. The molecule has 2 saturated carbocycles. The molecule has 1 saturated heterocycles. The van der Waals surface area contributed by atoms with E-state index >= 15 is 0 Å². The number of methoxy groups -OCH3 is 2.